The van der Waals surface area contributed by atoms with Gasteiger partial charge in [0, 0.05) is 0 Å². The lowest BCUT2D eigenvalue weighted by Gasteiger charge is -2.21. The van der Waals surface area contributed by atoms with Crippen LogP contribution in [0.5, 0.6) is 0 Å². The summed E-state index contributed by atoms with van der Waals surface area (Å²) >= 11 is 0. The van der Waals surface area contributed by atoms with Crippen LogP contribution < -0.4 is 0 Å². The first-order valence-electron chi connectivity index (χ1n) is 16.6. The molecule has 0 unspecified atom stereocenters. The molecular weight excluding hydrogens is 577 g/mol. The molecule has 0 fully saturated rings. The molecule has 0 aliphatic carbocycles. The monoisotopic (exact) mass is 608 g/mol. The summed E-state index contributed by atoms with van der Waals surface area (Å²) in [5.41, 5.74) is 12.3. The van der Waals surface area contributed by atoms with Crippen LogP contribution in [0, 0.1) is 0 Å². The fraction of sp³-hybridized carbons (Fsp3) is 0. The lowest BCUT2D eigenvalue weighted by Crippen LogP contribution is -1.94. The van der Waals surface area contributed by atoms with E-state index in [0.717, 1.165) is 0 Å². The van der Waals surface area contributed by atoms with Crippen LogP contribution in [0.25, 0.3) is 88.0 Å². The molecule has 9 aromatic rings. The van der Waals surface area contributed by atoms with Crippen LogP contribution in [0.3, 0.4) is 0 Å². The Balaban J connectivity index is 1.42. The minimum absolute atomic E-state index is 1.21. The smallest absolute Gasteiger partial charge is 0.00141 e. The van der Waals surface area contributed by atoms with E-state index in [0.29, 0.717) is 0 Å². The minimum atomic E-state index is 1.21. The predicted octanol–water partition coefficient (Wildman–Crippen LogP) is 13.5. The van der Waals surface area contributed by atoms with Gasteiger partial charge in [-0.25, -0.2) is 0 Å². The van der Waals surface area contributed by atoms with Crippen LogP contribution in [0.2, 0.25) is 0 Å². The van der Waals surface area contributed by atoms with E-state index >= 15 is 0 Å². The summed E-state index contributed by atoms with van der Waals surface area (Å²) in [6.45, 7) is 0. The quantitative estimate of drug-likeness (QED) is 0.171. The third-order valence-corrected chi connectivity index (χ3v) is 9.65. The van der Waals surface area contributed by atoms with E-state index in [1.54, 1.807) is 0 Å². The zero-order valence-corrected chi connectivity index (χ0v) is 26.5. The summed E-state index contributed by atoms with van der Waals surface area (Å²) in [6, 6.07) is 70.8. The van der Waals surface area contributed by atoms with E-state index in [4.69, 9.17) is 0 Å². The SMILES string of the molecule is c1ccc(-c2cccc(-c3cccc4c(-c5cccc6ccccc56)c5ccccc5c(-c5cccc(-c6ccccc6)c5)c34)c2)cc1. The van der Waals surface area contributed by atoms with Crippen LogP contribution in [-0.2, 0) is 0 Å². The Morgan fingerprint density at radius 3 is 1.38 bits per heavy atom. The van der Waals surface area contributed by atoms with Gasteiger partial charge in [-0.05, 0) is 100 Å². The Morgan fingerprint density at radius 2 is 0.667 bits per heavy atom. The van der Waals surface area contributed by atoms with E-state index in [-0.39, 0.29) is 0 Å². The number of benzene rings is 9. The van der Waals surface area contributed by atoms with E-state index < -0.39 is 0 Å². The lowest BCUT2D eigenvalue weighted by atomic mass is 9.81. The molecule has 0 aliphatic rings. The van der Waals surface area contributed by atoms with Crippen LogP contribution in [0.1, 0.15) is 0 Å². The molecule has 0 bridgehead atoms. The first-order chi connectivity index (χ1) is 23.8. The molecule has 0 N–H and O–H groups in total. The van der Waals surface area contributed by atoms with Crippen molar-refractivity contribution < 1.29 is 0 Å². The zero-order chi connectivity index (χ0) is 31.9. The first-order valence-corrected chi connectivity index (χ1v) is 16.6. The summed E-state index contributed by atoms with van der Waals surface area (Å²) in [5.74, 6) is 0. The Bertz CT molecular complexity index is 2590. The fourth-order valence-electron chi connectivity index (χ4n) is 7.48. The number of rotatable bonds is 5. The van der Waals surface area contributed by atoms with Gasteiger partial charge < -0.3 is 0 Å². The second-order valence-corrected chi connectivity index (χ2v) is 12.4. The van der Waals surface area contributed by atoms with Gasteiger partial charge in [-0.1, -0.05) is 182 Å². The van der Waals surface area contributed by atoms with Gasteiger partial charge in [0.15, 0.2) is 0 Å². The minimum Gasteiger partial charge on any atom is -0.0622 e. The molecule has 0 saturated heterocycles. The molecule has 0 heteroatoms. The summed E-state index contributed by atoms with van der Waals surface area (Å²) < 4.78 is 0. The van der Waals surface area contributed by atoms with E-state index in [2.05, 4.69) is 194 Å². The summed E-state index contributed by atoms with van der Waals surface area (Å²) in [6.07, 6.45) is 0. The number of hydrogen-bond acceptors (Lipinski definition) is 0. The van der Waals surface area contributed by atoms with Crippen molar-refractivity contribution in [2.24, 2.45) is 0 Å². The van der Waals surface area contributed by atoms with Gasteiger partial charge in [-0.15, -0.1) is 0 Å². The van der Waals surface area contributed by atoms with Crippen molar-refractivity contribution in [3.63, 3.8) is 0 Å². The highest BCUT2D eigenvalue weighted by Crippen LogP contribution is 2.48. The lowest BCUT2D eigenvalue weighted by molar-refractivity contribution is 1.59. The highest BCUT2D eigenvalue weighted by molar-refractivity contribution is 6.26. The molecule has 48 heavy (non-hydrogen) atoms. The van der Waals surface area contributed by atoms with Gasteiger partial charge >= 0.3 is 0 Å². The molecular formula is C48H32. The van der Waals surface area contributed by atoms with Crippen molar-refractivity contribution in [3.8, 4) is 55.6 Å². The second-order valence-electron chi connectivity index (χ2n) is 12.4. The highest BCUT2D eigenvalue weighted by atomic mass is 14.2. The third-order valence-electron chi connectivity index (χ3n) is 9.65. The Morgan fingerprint density at radius 1 is 0.229 bits per heavy atom. The molecule has 0 radical (unpaired) electrons. The largest absolute Gasteiger partial charge is 0.0622 e. The van der Waals surface area contributed by atoms with Crippen LogP contribution in [0.4, 0.5) is 0 Å². The molecule has 9 rings (SSSR count). The maximum absolute atomic E-state index is 2.37. The molecule has 0 atom stereocenters. The zero-order valence-electron chi connectivity index (χ0n) is 26.5. The molecule has 0 aliphatic heterocycles. The van der Waals surface area contributed by atoms with E-state index in [9.17, 15) is 0 Å². The molecule has 0 saturated carbocycles. The Hall–Kier alpha value is -6.24. The molecule has 0 amide bonds. The molecule has 0 heterocycles. The molecule has 224 valence electrons. The summed E-state index contributed by atoms with van der Waals surface area (Å²) in [7, 11) is 0. The van der Waals surface area contributed by atoms with Gasteiger partial charge in [-0.2, -0.15) is 0 Å². The maximum Gasteiger partial charge on any atom is -0.00141 e. The summed E-state index contributed by atoms with van der Waals surface area (Å²) in [4.78, 5) is 0. The second kappa shape index (κ2) is 11.8. The first kappa shape index (κ1) is 28.0. The average Bonchev–Trinajstić information content (AvgIpc) is 3.17. The van der Waals surface area contributed by atoms with Crippen molar-refractivity contribution in [2.75, 3.05) is 0 Å². The summed E-state index contributed by atoms with van der Waals surface area (Å²) in [5, 5.41) is 7.56. The number of fused-ring (bicyclic) bond motifs is 3. The van der Waals surface area contributed by atoms with Crippen LogP contribution in [-0.4, -0.2) is 0 Å². The third kappa shape index (κ3) is 4.78. The normalized spacial score (nSPS) is 11.3. The molecule has 0 aromatic heterocycles. The van der Waals surface area contributed by atoms with Crippen LogP contribution >= 0.6 is 0 Å². The maximum atomic E-state index is 2.37. The topological polar surface area (TPSA) is 0 Å². The van der Waals surface area contributed by atoms with Crippen LogP contribution in [0.15, 0.2) is 194 Å². The Labute approximate surface area is 281 Å². The number of hydrogen-bond donors (Lipinski definition) is 0. The van der Waals surface area contributed by atoms with Crippen molar-refractivity contribution in [1.82, 2.24) is 0 Å². The highest BCUT2D eigenvalue weighted by Gasteiger charge is 2.21. The van der Waals surface area contributed by atoms with E-state index in [1.165, 1.54) is 88.0 Å². The van der Waals surface area contributed by atoms with Gasteiger partial charge in [0.25, 0.3) is 0 Å². The van der Waals surface area contributed by atoms with Crippen molar-refractivity contribution in [2.45, 2.75) is 0 Å². The molecule has 0 nitrogen and oxygen atoms in total. The van der Waals surface area contributed by atoms with Gasteiger partial charge in [0.05, 0.1) is 0 Å². The van der Waals surface area contributed by atoms with E-state index in [1.807, 2.05) is 0 Å². The molecule has 0 spiro atoms. The Kier molecular flexibility index (Phi) is 6.91. The predicted molar refractivity (Wildman–Crippen MR) is 206 cm³/mol. The fourth-order valence-corrected chi connectivity index (χ4v) is 7.48. The van der Waals surface area contributed by atoms with Gasteiger partial charge in [0.2, 0.25) is 0 Å². The van der Waals surface area contributed by atoms with Gasteiger partial charge in [-0.3, -0.25) is 0 Å². The van der Waals surface area contributed by atoms with Crippen molar-refractivity contribution >= 4 is 32.3 Å². The average molecular weight is 609 g/mol. The standard InChI is InChI=1S/C48H32/c1-3-15-33(16-4-1)36-21-11-23-38(31-36)41-28-14-30-45-47(42-29-13-20-35-19-7-8-25-40(35)42)44-27-10-9-26-43(44)46(48(41)45)39-24-12-22-37(32-39)34-17-5-2-6-18-34/h1-32H. The molecule has 9 aromatic carbocycles. The van der Waals surface area contributed by atoms with Crippen molar-refractivity contribution in [3.05, 3.63) is 194 Å². The van der Waals surface area contributed by atoms with Gasteiger partial charge in [0.1, 0.15) is 0 Å². The van der Waals surface area contributed by atoms with Crippen molar-refractivity contribution in [1.29, 1.82) is 0 Å².